The molecule has 0 unspecified atom stereocenters. The van der Waals surface area contributed by atoms with Crippen LogP contribution in [-0.2, 0) is 13.1 Å². The molecule has 0 spiro atoms. The fourth-order valence-electron chi connectivity index (χ4n) is 3.32. The molecular weight excluding hydrogens is 358 g/mol. The van der Waals surface area contributed by atoms with E-state index in [0.29, 0.717) is 24.9 Å². The Labute approximate surface area is 164 Å². The lowest BCUT2D eigenvalue weighted by atomic mass is 10.2. The van der Waals surface area contributed by atoms with Crippen molar-refractivity contribution in [2.45, 2.75) is 26.9 Å². The fraction of sp³-hybridized carbons (Fsp3) is 0.450. The van der Waals surface area contributed by atoms with Crippen molar-refractivity contribution in [3.63, 3.8) is 0 Å². The van der Waals surface area contributed by atoms with Gasteiger partial charge in [-0.05, 0) is 38.1 Å². The first kappa shape index (κ1) is 18.6. The van der Waals surface area contributed by atoms with Gasteiger partial charge in [0, 0.05) is 44.4 Å². The highest BCUT2D eigenvalue weighted by Crippen LogP contribution is 2.20. The number of piperazine rings is 1. The van der Waals surface area contributed by atoms with Crippen molar-refractivity contribution in [2.75, 3.05) is 32.8 Å². The number of hydrogen-bond acceptors (Lipinski definition) is 8. The number of benzene rings is 1. The van der Waals surface area contributed by atoms with E-state index in [1.165, 1.54) is 0 Å². The van der Waals surface area contributed by atoms with Crippen LogP contribution in [0.15, 0.2) is 39.4 Å². The summed E-state index contributed by atoms with van der Waals surface area (Å²) < 4.78 is 16.1. The Hall–Kier alpha value is -2.71. The summed E-state index contributed by atoms with van der Waals surface area (Å²) in [5, 5.41) is 8.19. The van der Waals surface area contributed by atoms with Gasteiger partial charge in [-0.3, -0.25) is 9.80 Å². The van der Waals surface area contributed by atoms with Gasteiger partial charge in [0.25, 0.3) is 0 Å². The number of aryl methyl sites for hydroxylation is 1. The zero-order valence-electron chi connectivity index (χ0n) is 16.3. The minimum Gasteiger partial charge on any atom is -0.494 e. The lowest BCUT2D eigenvalue weighted by Gasteiger charge is -2.33. The SMILES string of the molecule is CCOc1ccc(-c2noc(CN3CCN(Cc4cc(C)on4)CC3)n2)cc1. The maximum absolute atomic E-state index is 5.47. The molecule has 1 aliphatic heterocycles. The van der Waals surface area contributed by atoms with Crippen LogP contribution in [0.5, 0.6) is 5.75 Å². The second-order valence-electron chi connectivity index (χ2n) is 6.95. The van der Waals surface area contributed by atoms with E-state index in [1.54, 1.807) is 0 Å². The molecule has 0 radical (unpaired) electrons. The first-order valence-corrected chi connectivity index (χ1v) is 9.62. The highest BCUT2D eigenvalue weighted by atomic mass is 16.5. The third kappa shape index (κ3) is 4.58. The van der Waals surface area contributed by atoms with Crippen LogP contribution < -0.4 is 4.74 Å². The minimum absolute atomic E-state index is 0.609. The summed E-state index contributed by atoms with van der Waals surface area (Å²) in [6, 6.07) is 9.73. The van der Waals surface area contributed by atoms with Crippen LogP contribution in [-0.4, -0.2) is 57.9 Å². The van der Waals surface area contributed by atoms with Crippen LogP contribution in [0.4, 0.5) is 0 Å². The second kappa shape index (κ2) is 8.53. The molecule has 3 aromatic rings. The fourth-order valence-corrected chi connectivity index (χ4v) is 3.32. The van der Waals surface area contributed by atoms with E-state index >= 15 is 0 Å². The van der Waals surface area contributed by atoms with Crippen molar-refractivity contribution >= 4 is 0 Å². The van der Waals surface area contributed by atoms with Gasteiger partial charge in [-0.25, -0.2) is 0 Å². The molecule has 0 amide bonds. The number of rotatable bonds is 7. The van der Waals surface area contributed by atoms with Crippen molar-refractivity contribution < 1.29 is 13.8 Å². The standard InChI is InChI=1S/C20H25N5O3/c1-3-26-18-6-4-16(5-7-18)20-21-19(28-23-20)14-25-10-8-24(9-11-25)13-17-12-15(2)27-22-17/h4-7,12H,3,8-11,13-14H2,1-2H3. The molecule has 1 aromatic carbocycles. The molecular formula is C20H25N5O3. The Bertz CT molecular complexity index is 881. The van der Waals surface area contributed by atoms with Crippen molar-refractivity contribution in [3.05, 3.63) is 47.7 Å². The van der Waals surface area contributed by atoms with Gasteiger partial charge in [-0.1, -0.05) is 10.3 Å². The molecule has 0 saturated carbocycles. The van der Waals surface area contributed by atoms with Crippen LogP contribution in [0.1, 0.15) is 24.3 Å². The molecule has 3 heterocycles. The van der Waals surface area contributed by atoms with Crippen molar-refractivity contribution in [2.24, 2.45) is 0 Å². The largest absolute Gasteiger partial charge is 0.494 e. The highest BCUT2D eigenvalue weighted by molar-refractivity contribution is 5.55. The molecule has 8 heteroatoms. The van der Waals surface area contributed by atoms with Gasteiger partial charge in [0.05, 0.1) is 18.8 Å². The van der Waals surface area contributed by atoms with Crippen LogP contribution >= 0.6 is 0 Å². The Balaban J connectivity index is 1.28. The topological polar surface area (TPSA) is 80.7 Å². The van der Waals surface area contributed by atoms with Crippen molar-refractivity contribution in [3.8, 4) is 17.1 Å². The Morgan fingerprint density at radius 1 is 0.964 bits per heavy atom. The van der Waals surface area contributed by atoms with E-state index < -0.39 is 0 Å². The van der Waals surface area contributed by atoms with E-state index in [2.05, 4.69) is 25.1 Å². The molecule has 1 aliphatic rings. The van der Waals surface area contributed by atoms with E-state index in [4.69, 9.17) is 13.8 Å². The van der Waals surface area contributed by atoms with Crippen LogP contribution in [0.2, 0.25) is 0 Å². The number of hydrogen-bond donors (Lipinski definition) is 0. The summed E-state index contributed by atoms with van der Waals surface area (Å²) in [6.45, 7) is 9.90. The summed E-state index contributed by atoms with van der Waals surface area (Å²) in [5.41, 5.74) is 1.91. The monoisotopic (exact) mass is 383 g/mol. The zero-order valence-corrected chi connectivity index (χ0v) is 16.3. The molecule has 0 aliphatic carbocycles. The normalized spacial score (nSPS) is 15.8. The van der Waals surface area contributed by atoms with Crippen LogP contribution in [0.3, 0.4) is 0 Å². The third-order valence-corrected chi connectivity index (χ3v) is 4.78. The molecule has 148 valence electrons. The smallest absolute Gasteiger partial charge is 0.241 e. The van der Waals surface area contributed by atoms with Gasteiger partial charge in [0.15, 0.2) is 0 Å². The van der Waals surface area contributed by atoms with Gasteiger partial charge in [-0.2, -0.15) is 4.98 Å². The molecule has 4 rings (SSSR count). The highest BCUT2D eigenvalue weighted by Gasteiger charge is 2.20. The number of aromatic nitrogens is 3. The van der Waals surface area contributed by atoms with Gasteiger partial charge in [0.2, 0.25) is 11.7 Å². The van der Waals surface area contributed by atoms with E-state index in [9.17, 15) is 0 Å². The average Bonchev–Trinajstić information content (AvgIpc) is 3.33. The maximum Gasteiger partial charge on any atom is 0.241 e. The minimum atomic E-state index is 0.609. The summed E-state index contributed by atoms with van der Waals surface area (Å²) in [4.78, 5) is 9.26. The molecule has 2 aromatic heterocycles. The molecule has 0 atom stereocenters. The van der Waals surface area contributed by atoms with Gasteiger partial charge < -0.3 is 13.8 Å². The first-order valence-electron chi connectivity index (χ1n) is 9.62. The third-order valence-electron chi connectivity index (χ3n) is 4.78. The van der Waals surface area contributed by atoms with Crippen molar-refractivity contribution in [1.82, 2.24) is 25.1 Å². The van der Waals surface area contributed by atoms with Crippen LogP contribution in [0.25, 0.3) is 11.4 Å². The lowest BCUT2D eigenvalue weighted by Crippen LogP contribution is -2.45. The second-order valence-corrected chi connectivity index (χ2v) is 6.95. The average molecular weight is 383 g/mol. The molecule has 0 N–H and O–H groups in total. The maximum atomic E-state index is 5.47. The summed E-state index contributed by atoms with van der Waals surface area (Å²) in [6.07, 6.45) is 0. The van der Waals surface area contributed by atoms with Gasteiger partial charge in [-0.15, -0.1) is 0 Å². The predicted octanol–water partition coefficient (Wildman–Crippen LogP) is 2.75. The molecule has 1 saturated heterocycles. The molecule has 0 bridgehead atoms. The number of nitrogens with zero attached hydrogens (tertiary/aromatic N) is 5. The van der Waals surface area contributed by atoms with Crippen molar-refractivity contribution in [1.29, 1.82) is 0 Å². The summed E-state index contributed by atoms with van der Waals surface area (Å²) in [5.74, 6) is 2.95. The molecule has 28 heavy (non-hydrogen) atoms. The van der Waals surface area contributed by atoms with Gasteiger partial charge in [0.1, 0.15) is 11.5 Å². The first-order chi connectivity index (χ1) is 13.7. The zero-order chi connectivity index (χ0) is 19.3. The quantitative estimate of drug-likeness (QED) is 0.616. The van der Waals surface area contributed by atoms with Gasteiger partial charge >= 0.3 is 0 Å². The lowest BCUT2D eigenvalue weighted by molar-refractivity contribution is 0.110. The van der Waals surface area contributed by atoms with E-state index in [1.807, 2.05) is 44.2 Å². The summed E-state index contributed by atoms with van der Waals surface area (Å²) in [7, 11) is 0. The van der Waals surface area contributed by atoms with Crippen LogP contribution in [0, 0.1) is 6.92 Å². The Morgan fingerprint density at radius 2 is 1.68 bits per heavy atom. The molecule has 8 nitrogen and oxygen atoms in total. The van der Waals surface area contributed by atoms with E-state index in [-0.39, 0.29) is 0 Å². The number of ether oxygens (including phenoxy) is 1. The Morgan fingerprint density at radius 3 is 2.32 bits per heavy atom. The molecule has 1 fully saturated rings. The Kier molecular flexibility index (Phi) is 5.68. The van der Waals surface area contributed by atoms with E-state index in [0.717, 1.165) is 55.5 Å². The predicted molar refractivity (Wildman–Crippen MR) is 103 cm³/mol. The summed E-state index contributed by atoms with van der Waals surface area (Å²) >= 11 is 0.